The number of hydrogen-bond donors (Lipinski definition) is 0. The molecule has 5 aromatic rings. The van der Waals surface area contributed by atoms with Crippen LogP contribution in [0.1, 0.15) is 142 Å². The minimum Gasteiger partial charge on any atom is -0.482 e. The minimum absolute atomic E-state index is 0.0628. The number of carbonyl (C=O) groups is 5. The van der Waals surface area contributed by atoms with Gasteiger partial charge in [-0.2, -0.15) is 0 Å². The Labute approximate surface area is 526 Å². The maximum Gasteiger partial charge on any atom is 0.344 e. The van der Waals surface area contributed by atoms with E-state index >= 15 is 0 Å². The fourth-order valence-corrected chi connectivity index (χ4v) is 9.31. The van der Waals surface area contributed by atoms with Crippen molar-refractivity contribution in [2.45, 2.75) is 130 Å². The van der Waals surface area contributed by atoms with Gasteiger partial charge in [-0.1, -0.05) is 116 Å². The molecular formula is C74H90O15. The second kappa shape index (κ2) is 35.8. The standard InChI is InChI=1S/C74H90O15/c1-47(2)20-25-80-67(75)42-85-65-18-16-52(11)30-57(65)38-59-32-54(13)34-61(72(59)87-44-69(77)82-27-22-49(5)6)40-63-36-56(15)37-64(74(63)89-46-71(79)84-29-24-51(9)10)41-62-35-55(14)33-60(73(62)88-45-70(78)83-28-23-50(7)8)39-58-31-53(12)17-19-66(58)86-43-68(76)81-26-21-48(3)4/h16-24,30-37H,25-29,38-46H2,1-15H3. The summed E-state index contributed by atoms with van der Waals surface area (Å²) in [5, 5.41) is 0. The lowest BCUT2D eigenvalue weighted by Crippen LogP contribution is -2.18. The molecule has 0 aliphatic rings. The first kappa shape index (κ1) is 70.9. The monoisotopic (exact) mass is 1220 g/mol. The minimum atomic E-state index is -0.586. The number of hydrogen-bond acceptors (Lipinski definition) is 15. The van der Waals surface area contributed by atoms with Crippen LogP contribution in [0.2, 0.25) is 0 Å². The number of allylic oxidation sites excluding steroid dienone is 5. The van der Waals surface area contributed by atoms with E-state index in [4.69, 9.17) is 47.4 Å². The van der Waals surface area contributed by atoms with Crippen LogP contribution in [0.25, 0.3) is 0 Å². The fraction of sp³-hybridized carbons (Fsp3) is 0.392. The van der Waals surface area contributed by atoms with E-state index in [1.54, 1.807) is 0 Å². The van der Waals surface area contributed by atoms with Gasteiger partial charge in [0.25, 0.3) is 0 Å². The third-order valence-electron chi connectivity index (χ3n) is 13.5. The Morgan fingerprint density at radius 1 is 0.281 bits per heavy atom. The molecule has 0 unspecified atom stereocenters. The van der Waals surface area contributed by atoms with E-state index < -0.39 is 49.7 Å². The van der Waals surface area contributed by atoms with Crippen molar-refractivity contribution in [3.8, 4) is 28.7 Å². The van der Waals surface area contributed by atoms with Crippen LogP contribution >= 0.6 is 0 Å². The quantitative estimate of drug-likeness (QED) is 0.0220. The molecule has 5 aromatic carbocycles. The molecule has 0 aromatic heterocycles. The summed E-state index contributed by atoms with van der Waals surface area (Å²) in [5.74, 6) is -0.563. The first-order chi connectivity index (χ1) is 42.3. The van der Waals surface area contributed by atoms with Crippen molar-refractivity contribution in [3.05, 3.63) is 203 Å². The first-order valence-electron chi connectivity index (χ1n) is 30.0. The molecule has 0 fully saturated rings. The van der Waals surface area contributed by atoms with Gasteiger partial charge in [-0.3, -0.25) is 0 Å². The lowest BCUT2D eigenvalue weighted by atomic mass is 9.90. The van der Waals surface area contributed by atoms with Crippen molar-refractivity contribution in [3.63, 3.8) is 0 Å². The molecule has 0 spiro atoms. The first-order valence-corrected chi connectivity index (χ1v) is 30.0. The van der Waals surface area contributed by atoms with Gasteiger partial charge in [0.1, 0.15) is 61.8 Å². The molecule has 89 heavy (non-hydrogen) atoms. The molecule has 0 heterocycles. The molecule has 5 rings (SSSR count). The van der Waals surface area contributed by atoms with Crippen molar-refractivity contribution >= 4 is 29.8 Å². The Morgan fingerprint density at radius 2 is 0.483 bits per heavy atom. The molecule has 0 N–H and O–H groups in total. The number of rotatable bonds is 33. The van der Waals surface area contributed by atoms with Crippen LogP contribution in [-0.4, -0.2) is 95.9 Å². The highest BCUT2D eigenvalue weighted by Gasteiger charge is 2.24. The SMILES string of the molecule is CC(C)=CCOC(=O)COc1ccc(C)cc1Cc1cc(C)cc(Cc2cc(C)cc(Cc3cc(C)cc(Cc4cc(C)ccc4OCC(=O)OCC=C(C)C)c3OCC(=O)OCC=C(C)C)c2OCC(=O)OCC=C(C)C)c1OCC(=O)OCC=C(C)C. The smallest absolute Gasteiger partial charge is 0.344 e. The Bertz CT molecular complexity index is 3240. The molecule has 15 nitrogen and oxygen atoms in total. The lowest BCUT2D eigenvalue weighted by molar-refractivity contribution is -0.145. The van der Waals surface area contributed by atoms with Gasteiger partial charge in [0.05, 0.1) is 0 Å². The molecule has 15 heteroatoms. The molecule has 0 aliphatic carbocycles. The van der Waals surface area contributed by atoms with Crippen LogP contribution in [0.3, 0.4) is 0 Å². The second-order valence-electron chi connectivity index (χ2n) is 23.4. The van der Waals surface area contributed by atoms with Crippen LogP contribution in [0.5, 0.6) is 28.7 Å². The van der Waals surface area contributed by atoms with Gasteiger partial charge in [0.2, 0.25) is 0 Å². The van der Waals surface area contributed by atoms with E-state index in [0.717, 1.165) is 77.9 Å². The average molecular weight is 1220 g/mol. The van der Waals surface area contributed by atoms with E-state index in [2.05, 4.69) is 0 Å². The van der Waals surface area contributed by atoms with Crippen LogP contribution < -0.4 is 23.7 Å². The third kappa shape index (κ3) is 25.4. The van der Waals surface area contributed by atoms with Gasteiger partial charge >= 0.3 is 29.8 Å². The number of esters is 5. The molecule has 0 aliphatic heterocycles. The van der Waals surface area contributed by atoms with E-state index in [9.17, 15) is 24.0 Å². The van der Waals surface area contributed by atoms with E-state index in [1.807, 2.05) is 207 Å². The van der Waals surface area contributed by atoms with Crippen LogP contribution in [0, 0.1) is 34.6 Å². The summed E-state index contributed by atoms with van der Waals surface area (Å²) in [6.45, 7) is 27.7. The molecule has 0 saturated carbocycles. The summed E-state index contributed by atoms with van der Waals surface area (Å²) in [4.78, 5) is 66.1. The Kier molecular flexibility index (Phi) is 28.5. The van der Waals surface area contributed by atoms with E-state index in [-0.39, 0.29) is 71.9 Å². The molecule has 0 radical (unpaired) electrons. The average Bonchev–Trinajstić information content (AvgIpc) is 1.24. The third-order valence-corrected chi connectivity index (χ3v) is 13.5. The zero-order chi connectivity index (χ0) is 65.2. The lowest BCUT2D eigenvalue weighted by Gasteiger charge is -2.22. The molecule has 0 amide bonds. The maximum absolute atomic E-state index is 13.6. The topological polar surface area (TPSA) is 178 Å². The highest BCUT2D eigenvalue weighted by molar-refractivity contribution is 5.74. The summed E-state index contributed by atoms with van der Waals surface area (Å²) < 4.78 is 59.7. The fourth-order valence-electron chi connectivity index (χ4n) is 9.31. The number of aryl methyl sites for hydroxylation is 5. The molecular weight excluding hydrogens is 1130 g/mol. The highest BCUT2D eigenvalue weighted by Crippen LogP contribution is 2.39. The van der Waals surface area contributed by atoms with Gasteiger partial charge in [-0.25, -0.2) is 24.0 Å². The number of ether oxygens (including phenoxy) is 10. The summed E-state index contributed by atoms with van der Waals surface area (Å²) in [6, 6.07) is 23.4. The molecule has 0 saturated heterocycles. The molecule has 476 valence electrons. The van der Waals surface area contributed by atoms with E-state index in [1.165, 1.54) is 0 Å². The van der Waals surface area contributed by atoms with E-state index in [0.29, 0.717) is 51.0 Å². The highest BCUT2D eigenvalue weighted by atomic mass is 16.6. The van der Waals surface area contributed by atoms with Crippen LogP contribution in [-0.2, 0) is 73.3 Å². The van der Waals surface area contributed by atoms with Crippen molar-refractivity contribution in [2.24, 2.45) is 0 Å². The van der Waals surface area contributed by atoms with Crippen LogP contribution in [0.4, 0.5) is 0 Å². The summed E-state index contributed by atoms with van der Waals surface area (Å²) in [5.41, 5.74) is 15.3. The normalized spacial score (nSPS) is 10.6. The molecule has 0 atom stereocenters. The van der Waals surface area contributed by atoms with Crippen LogP contribution in [0.15, 0.2) is 131 Å². The van der Waals surface area contributed by atoms with Crippen molar-refractivity contribution in [2.75, 3.05) is 66.1 Å². The van der Waals surface area contributed by atoms with Gasteiger partial charge in [0.15, 0.2) is 33.0 Å². The number of carbonyl (C=O) groups excluding carboxylic acids is 5. The largest absolute Gasteiger partial charge is 0.482 e. The maximum atomic E-state index is 13.6. The van der Waals surface area contributed by atoms with Gasteiger partial charge in [0, 0.05) is 25.7 Å². The number of benzene rings is 5. The predicted molar refractivity (Wildman–Crippen MR) is 347 cm³/mol. The van der Waals surface area contributed by atoms with Crippen molar-refractivity contribution in [1.82, 2.24) is 0 Å². The van der Waals surface area contributed by atoms with Gasteiger partial charge in [-0.05, 0) is 191 Å². The Morgan fingerprint density at radius 3 is 0.708 bits per heavy atom. The summed E-state index contributed by atoms with van der Waals surface area (Å²) >= 11 is 0. The summed E-state index contributed by atoms with van der Waals surface area (Å²) in [7, 11) is 0. The Balaban J connectivity index is 1.68. The van der Waals surface area contributed by atoms with Gasteiger partial charge < -0.3 is 47.4 Å². The predicted octanol–water partition coefficient (Wildman–Crippen LogP) is 14.0. The zero-order valence-corrected chi connectivity index (χ0v) is 54.8. The van der Waals surface area contributed by atoms with Crippen molar-refractivity contribution in [1.29, 1.82) is 0 Å². The Hall–Kier alpha value is -8.85. The van der Waals surface area contributed by atoms with Crippen molar-refractivity contribution < 1.29 is 71.3 Å². The second-order valence-corrected chi connectivity index (χ2v) is 23.4. The summed E-state index contributed by atoms with van der Waals surface area (Å²) in [6.07, 6.45) is 10.0. The zero-order valence-electron chi connectivity index (χ0n) is 54.8. The van der Waals surface area contributed by atoms with Gasteiger partial charge in [-0.15, -0.1) is 0 Å². The molecule has 0 bridgehead atoms.